The monoisotopic (exact) mass is 667 g/mol. The molecule has 0 radical (unpaired) electrons. The summed E-state index contributed by atoms with van der Waals surface area (Å²) in [5.74, 6) is 1.07. The van der Waals surface area contributed by atoms with Gasteiger partial charge in [0.2, 0.25) is 0 Å². The lowest BCUT2D eigenvalue weighted by atomic mass is 9.94. The molecule has 0 bridgehead atoms. The summed E-state index contributed by atoms with van der Waals surface area (Å²) >= 11 is 0. The Morgan fingerprint density at radius 1 is 0.481 bits per heavy atom. The average Bonchev–Trinajstić information content (AvgIpc) is 3.60. The number of rotatable bonds is 6. The quantitative estimate of drug-likeness (QED) is 0.129. The van der Waals surface area contributed by atoms with Gasteiger partial charge in [-0.25, -0.2) is 9.98 Å². The summed E-state index contributed by atoms with van der Waals surface area (Å²) < 4.78 is 6.50. The second-order valence-corrected chi connectivity index (χ2v) is 12.8. The number of hydrogen-bond donors (Lipinski definition) is 0. The second-order valence-electron chi connectivity index (χ2n) is 12.8. The van der Waals surface area contributed by atoms with Gasteiger partial charge < -0.3 is 4.42 Å². The third-order valence-corrected chi connectivity index (χ3v) is 9.69. The van der Waals surface area contributed by atoms with Crippen molar-refractivity contribution in [2.75, 3.05) is 0 Å². The van der Waals surface area contributed by atoms with Crippen LogP contribution in [0.5, 0.6) is 0 Å². The Hall–Kier alpha value is -6.91. The summed E-state index contributed by atoms with van der Waals surface area (Å²) in [6.07, 6.45) is 0. The van der Waals surface area contributed by atoms with E-state index in [0.29, 0.717) is 18.2 Å². The Kier molecular flexibility index (Phi) is 8.03. The van der Waals surface area contributed by atoms with Crippen molar-refractivity contribution in [1.29, 1.82) is 0 Å². The Morgan fingerprint density at radius 3 is 2.02 bits per heavy atom. The van der Waals surface area contributed by atoms with Crippen molar-refractivity contribution in [2.45, 2.75) is 6.54 Å². The van der Waals surface area contributed by atoms with Crippen molar-refractivity contribution in [2.24, 2.45) is 15.0 Å². The Labute approximate surface area is 301 Å². The van der Waals surface area contributed by atoms with Gasteiger partial charge in [-0.3, -0.25) is 4.99 Å². The fraction of sp³-hybridized carbons (Fsp3) is 0.0208. The van der Waals surface area contributed by atoms with E-state index < -0.39 is 0 Å². The van der Waals surface area contributed by atoms with Crippen LogP contribution in [0.4, 0.5) is 0 Å². The highest BCUT2D eigenvalue weighted by molar-refractivity contribution is 6.23. The van der Waals surface area contributed by atoms with Crippen LogP contribution in [0.2, 0.25) is 0 Å². The molecule has 9 aromatic rings. The molecule has 0 unspecified atom stereocenters. The molecule has 0 amide bonds. The number of hydrogen-bond acceptors (Lipinski definition) is 2. The summed E-state index contributed by atoms with van der Waals surface area (Å²) in [5.41, 5.74) is 8.98. The maximum Gasteiger partial charge on any atom is 0.161 e. The van der Waals surface area contributed by atoms with Crippen molar-refractivity contribution in [3.05, 3.63) is 193 Å². The topological polar surface area (TPSA) is 50.2 Å². The van der Waals surface area contributed by atoms with Crippen molar-refractivity contribution in [3.63, 3.8) is 0 Å². The van der Waals surface area contributed by atoms with Crippen LogP contribution < -0.4 is 0 Å². The summed E-state index contributed by atoms with van der Waals surface area (Å²) in [5, 5.41) is 6.56. The predicted molar refractivity (Wildman–Crippen MR) is 219 cm³/mol. The highest BCUT2D eigenvalue weighted by Gasteiger charge is 2.18. The molecule has 4 nitrogen and oxygen atoms in total. The van der Waals surface area contributed by atoms with Crippen molar-refractivity contribution < 1.29 is 4.42 Å². The fourth-order valence-electron chi connectivity index (χ4n) is 7.14. The maximum atomic E-state index is 6.50. The Bertz CT molecular complexity index is 2830. The minimum atomic E-state index is 0.468. The van der Waals surface area contributed by atoms with Gasteiger partial charge in [0.1, 0.15) is 11.2 Å². The largest absolute Gasteiger partial charge is 0.456 e. The first kappa shape index (κ1) is 31.1. The molecule has 0 saturated heterocycles. The summed E-state index contributed by atoms with van der Waals surface area (Å²) in [4.78, 5) is 14.9. The Balaban J connectivity index is 1.19. The lowest BCUT2D eigenvalue weighted by Crippen LogP contribution is -2.07. The van der Waals surface area contributed by atoms with Crippen molar-refractivity contribution in [3.8, 4) is 22.3 Å². The molecule has 0 N–H and O–H groups in total. The third-order valence-electron chi connectivity index (χ3n) is 9.69. The number of aliphatic imine (C=N–C) groups is 3. The molecule has 52 heavy (non-hydrogen) atoms. The van der Waals surface area contributed by atoms with E-state index in [1.807, 2.05) is 42.5 Å². The molecular weight excluding hydrogens is 635 g/mol. The van der Waals surface area contributed by atoms with E-state index in [9.17, 15) is 0 Å². The molecule has 0 saturated carbocycles. The number of fused-ring (bicyclic) bond motifs is 5. The van der Waals surface area contributed by atoms with Crippen LogP contribution in [0.25, 0.3) is 65.7 Å². The van der Waals surface area contributed by atoms with Gasteiger partial charge in [0.05, 0.1) is 6.54 Å². The molecule has 8 aromatic carbocycles. The molecule has 0 atom stereocenters. The molecular formula is C48H33N3O. The van der Waals surface area contributed by atoms with E-state index >= 15 is 0 Å². The van der Waals surface area contributed by atoms with Crippen molar-refractivity contribution in [1.82, 2.24) is 0 Å². The van der Waals surface area contributed by atoms with Gasteiger partial charge in [-0.2, -0.15) is 0 Å². The van der Waals surface area contributed by atoms with E-state index in [2.05, 4.69) is 145 Å². The third kappa shape index (κ3) is 5.76. The van der Waals surface area contributed by atoms with E-state index in [1.54, 1.807) is 0 Å². The predicted octanol–water partition coefficient (Wildman–Crippen LogP) is 12.3. The van der Waals surface area contributed by atoms with Crippen LogP contribution in [0.15, 0.2) is 195 Å². The zero-order valence-electron chi connectivity index (χ0n) is 28.4. The van der Waals surface area contributed by atoms with Crippen LogP contribution in [-0.4, -0.2) is 18.4 Å². The van der Waals surface area contributed by atoms with Gasteiger partial charge in [0.25, 0.3) is 0 Å². The van der Waals surface area contributed by atoms with Crippen LogP contribution in [0, 0.1) is 0 Å². The lowest BCUT2D eigenvalue weighted by molar-refractivity contribution is 0.669. The van der Waals surface area contributed by atoms with E-state index in [4.69, 9.17) is 14.4 Å². The van der Waals surface area contributed by atoms with Gasteiger partial charge in [0, 0.05) is 21.9 Å². The summed E-state index contributed by atoms with van der Waals surface area (Å²) in [7, 11) is 0. The zero-order chi connectivity index (χ0) is 34.9. The van der Waals surface area contributed by atoms with Gasteiger partial charge in [0.15, 0.2) is 11.7 Å². The van der Waals surface area contributed by atoms with Gasteiger partial charge in [-0.05, 0) is 86.4 Å². The standard InChI is InChI=1S/C48H33N3O/c1-49-47(43-21-12-22-44-46(43)42-26-25-37(30-45(42)52-44)36-24-23-33-15-8-9-18-35(33)29-36)51-48(50-31-32-13-4-2-5-14-32)41-28-27-38(34-16-6-3-7-17-34)39-19-10-11-20-40(39)41/h2-30H,1,31H2. The molecule has 0 aliphatic rings. The zero-order valence-corrected chi connectivity index (χ0v) is 28.4. The van der Waals surface area contributed by atoms with Crippen LogP contribution in [-0.2, 0) is 6.54 Å². The van der Waals surface area contributed by atoms with Gasteiger partial charge in [-0.1, -0.05) is 146 Å². The molecule has 246 valence electrons. The lowest BCUT2D eigenvalue weighted by Gasteiger charge is -2.13. The minimum Gasteiger partial charge on any atom is -0.456 e. The van der Waals surface area contributed by atoms with Crippen LogP contribution in [0.1, 0.15) is 16.7 Å². The molecule has 9 rings (SSSR count). The number of nitrogens with zero attached hydrogens (tertiary/aromatic N) is 3. The van der Waals surface area contributed by atoms with Crippen LogP contribution >= 0.6 is 0 Å². The molecule has 4 heteroatoms. The van der Waals surface area contributed by atoms with Crippen LogP contribution in [0.3, 0.4) is 0 Å². The molecule has 0 fully saturated rings. The molecule has 0 aliphatic carbocycles. The number of benzene rings is 8. The van der Waals surface area contributed by atoms with E-state index in [0.717, 1.165) is 71.7 Å². The first-order valence-corrected chi connectivity index (χ1v) is 17.4. The summed E-state index contributed by atoms with van der Waals surface area (Å²) in [6.45, 7) is 4.47. The fourth-order valence-corrected chi connectivity index (χ4v) is 7.14. The highest BCUT2D eigenvalue weighted by atomic mass is 16.3. The normalized spacial score (nSPS) is 12.2. The smallest absolute Gasteiger partial charge is 0.161 e. The first-order valence-electron chi connectivity index (χ1n) is 17.4. The first-order chi connectivity index (χ1) is 25.7. The highest BCUT2D eigenvalue weighted by Crippen LogP contribution is 2.36. The van der Waals surface area contributed by atoms with Crippen molar-refractivity contribution >= 4 is 61.9 Å². The molecule has 1 heterocycles. The maximum absolute atomic E-state index is 6.50. The second kappa shape index (κ2) is 13.4. The number of furan rings is 1. The van der Waals surface area contributed by atoms with Gasteiger partial charge >= 0.3 is 0 Å². The molecule has 0 aliphatic heterocycles. The van der Waals surface area contributed by atoms with E-state index in [1.165, 1.54) is 10.8 Å². The molecule has 1 aromatic heterocycles. The SMILES string of the molecule is C=NC(=NC(=NCc1ccccc1)c1ccc(-c2ccccc2)c2ccccc12)c1cccc2oc3cc(-c4ccc5ccccc5c4)ccc3c12. The number of amidine groups is 2. The minimum absolute atomic E-state index is 0.468. The average molecular weight is 668 g/mol. The Morgan fingerprint density at radius 2 is 1.19 bits per heavy atom. The van der Waals surface area contributed by atoms with E-state index in [-0.39, 0.29) is 0 Å². The molecule has 0 spiro atoms. The summed E-state index contributed by atoms with van der Waals surface area (Å²) in [6, 6.07) is 60.9. The van der Waals surface area contributed by atoms with Gasteiger partial charge in [-0.15, -0.1) is 0 Å².